The van der Waals surface area contributed by atoms with E-state index in [1.165, 1.54) is 6.33 Å². The number of rotatable bonds is 5. The molecule has 0 aliphatic rings. The van der Waals surface area contributed by atoms with Crippen LogP contribution in [-0.2, 0) is 18.9 Å². The van der Waals surface area contributed by atoms with Crippen LogP contribution < -0.4 is 5.73 Å². The fourth-order valence-electron chi connectivity index (χ4n) is 2.26. The minimum Gasteiger partial charge on any atom is -0.395 e. The molecule has 2 rings (SSSR count). The van der Waals surface area contributed by atoms with Gasteiger partial charge in [0.2, 0.25) is 0 Å². The summed E-state index contributed by atoms with van der Waals surface area (Å²) in [5.41, 5.74) is 7.64. The molecule has 3 N–H and O–H groups in total. The quantitative estimate of drug-likeness (QED) is 0.823. The fraction of sp³-hybridized carbons (Fsp3) is 0.429. The van der Waals surface area contributed by atoms with E-state index < -0.39 is 5.41 Å². The molecule has 5 nitrogen and oxygen atoms in total. The van der Waals surface area contributed by atoms with Gasteiger partial charge in [-0.3, -0.25) is 4.68 Å². The number of nitrogens with zero attached hydrogens (tertiary/aromatic N) is 3. The van der Waals surface area contributed by atoms with Crippen molar-refractivity contribution in [2.75, 3.05) is 13.2 Å². The van der Waals surface area contributed by atoms with Crippen LogP contribution in [0, 0.1) is 6.92 Å². The van der Waals surface area contributed by atoms with Crippen molar-refractivity contribution in [1.29, 1.82) is 0 Å². The highest BCUT2D eigenvalue weighted by Crippen LogP contribution is 2.27. The zero-order valence-electron chi connectivity index (χ0n) is 11.4. The number of benzene rings is 1. The lowest BCUT2D eigenvalue weighted by molar-refractivity contribution is 0.193. The first-order chi connectivity index (χ1) is 9.11. The van der Waals surface area contributed by atoms with Gasteiger partial charge in [-0.05, 0) is 12.5 Å². The molecule has 1 aromatic carbocycles. The molecule has 0 spiro atoms. The van der Waals surface area contributed by atoms with Crippen molar-refractivity contribution < 1.29 is 5.11 Å². The van der Waals surface area contributed by atoms with E-state index in [0.717, 1.165) is 17.0 Å². The normalized spacial score (nSPS) is 14.3. The van der Waals surface area contributed by atoms with Crippen molar-refractivity contribution in [3.05, 3.63) is 47.5 Å². The molecule has 0 saturated heterocycles. The van der Waals surface area contributed by atoms with E-state index in [4.69, 9.17) is 5.73 Å². The summed E-state index contributed by atoms with van der Waals surface area (Å²) in [6, 6.07) is 8.10. The van der Waals surface area contributed by atoms with Crippen LogP contribution in [0.1, 0.15) is 17.0 Å². The zero-order chi connectivity index (χ0) is 13.9. The molecule has 0 saturated carbocycles. The van der Waals surface area contributed by atoms with Crippen molar-refractivity contribution >= 4 is 0 Å². The van der Waals surface area contributed by atoms with E-state index in [9.17, 15) is 5.11 Å². The average molecular weight is 260 g/mol. The Labute approximate surface area is 113 Å². The van der Waals surface area contributed by atoms with Crippen LogP contribution in [0.5, 0.6) is 0 Å². The molecular weight excluding hydrogens is 240 g/mol. The second-order valence-electron chi connectivity index (χ2n) is 4.99. The summed E-state index contributed by atoms with van der Waals surface area (Å²) >= 11 is 0. The van der Waals surface area contributed by atoms with Crippen molar-refractivity contribution in [2.45, 2.75) is 18.8 Å². The summed E-state index contributed by atoms with van der Waals surface area (Å²) in [6.45, 7) is 2.38. The van der Waals surface area contributed by atoms with Gasteiger partial charge in [0, 0.05) is 25.4 Å². The minimum absolute atomic E-state index is 0.0141. The van der Waals surface area contributed by atoms with Crippen LogP contribution in [0.25, 0.3) is 0 Å². The SMILES string of the molecule is Cc1cccc(C(CN)(CO)Cc2ncnn2C)c1. The van der Waals surface area contributed by atoms with Gasteiger partial charge in [-0.15, -0.1) is 0 Å². The number of aliphatic hydroxyl groups is 1. The number of hydrogen-bond donors (Lipinski definition) is 2. The second kappa shape index (κ2) is 5.50. The van der Waals surface area contributed by atoms with Crippen LogP contribution in [0.2, 0.25) is 0 Å². The maximum Gasteiger partial charge on any atom is 0.138 e. The molecule has 0 aliphatic carbocycles. The number of nitrogens with two attached hydrogens (primary N) is 1. The van der Waals surface area contributed by atoms with Crippen molar-refractivity contribution in [2.24, 2.45) is 12.8 Å². The Morgan fingerprint density at radius 3 is 2.74 bits per heavy atom. The molecule has 102 valence electrons. The topological polar surface area (TPSA) is 77.0 Å². The predicted molar refractivity (Wildman–Crippen MR) is 73.7 cm³/mol. The summed E-state index contributed by atoms with van der Waals surface area (Å²) in [5.74, 6) is 0.820. The zero-order valence-corrected chi connectivity index (χ0v) is 11.4. The van der Waals surface area contributed by atoms with E-state index in [1.807, 2.05) is 32.2 Å². The molecule has 0 bridgehead atoms. The number of aryl methyl sites for hydroxylation is 2. The minimum atomic E-state index is -0.507. The molecule has 1 aromatic heterocycles. The summed E-state index contributed by atoms with van der Waals surface area (Å²) in [5, 5.41) is 13.9. The predicted octanol–water partition coefficient (Wildman–Crippen LogP) is 0.555. The van der Waals surface area contributed by atoms with Crippen molar-refractivity contribution in [1.82, 2.24) is 14.8 Å². The third kappa shape index (κ3) is 2.67. The maximum absolute atomic E-state index is 9.87. The fourth-order valence-corrected chi connectivity index (χ4v) is 2.26. The summed E-state index contributed by atoms with van der Waals surface area (Å²) in [6.07, 6.45) is 2.09. The Bertz CT molecular complexity index is 546. The molecule has 0 fully saturated rings. The van der Waals surface area contributed by atoms with Gasteiger partial charge in [0.25, 0.3) is 0 Å². The van der Waals surface area contributed by atoms with E-state index in [0.29, 0.717) is 13.0 Å². The number of hydrogen-bond acceptors (Lipinski definition) is 4. The number of aliphatic hydroxyl groups excluding tert-OH is 1. The van der Waals surface area contributed by atoms with Gasteiger partial charge in [-0.2, -0.15) is 5.10 Å². The third-order valence-corrected chi connectivity index (χ3v) is 3.63. The lowest BCUT2D eigenvalue weighted by atomic mass is 9.77. The molecule has 2 aromatic rings. The van der Waals surface area contributed by atoms with E-state index in [-0.39, 0.29) is 6.61 Å². The molecule has 19 heavy (non-hydrogen) atoms. The van der Waals surface area contributed by atoms with Gasteiger partial charge in [0.05, 0.1) is 6.61 Å². The third-order valence-electron chi connectivity index (χ3n) is 3.63. The van der Waals surface area contributed by atoms with Gasteiger partial charge in [0.15, 0.2) is 0 Å². The van der Waals surface area contributed by atoms with Gasteiger partial charge in [-0.1, -0.05) is 29.8 Å². The maximum atomic E-state index is 9.87. The molecule has 0 amide bonds. The molecule has 0 radical (unpaired) electrons. The first kappa shape index (κ1) is 13.7. The van der Waals surface area contributed by atoms with Crippen LogP contribution in [-0.4, -0.2) is 33.0 Å². The van der Waals surface area contributed by atoms with Gasteiger partial charge < -0.3 is 10.8 Å². The van der Waals surface area contributed by atoms with Crippen molar-refractivity contribution in [3.63, 3.8) is 0 Å². The Kier molecular flexibility index (Phi) is 3.97. The smallest absolute Gasteiger partial charge is 0.138 e. The van der Waals surface area contributed by atoms with Gasteiger partial charge >= 0.3 is 0 Å². The van der Waals surface area contributed by atoms with Crippen molar-refractivity contribution in [3.8, 4) is 0 Å². The Morgan fingerprint density at radius 1 is 1.42 bits per heavy atom. The van der Waals surface area contributed by atoms with Crippen LogP contribution in [0.4, 0.5) is 0 Å². The highest BCUT2D eigenvalue weighted by molar-refractivity contribution is 5.31. The molecule has 1 heterocycles. The Morgan fingerprint density at radius 2 is 2.21 bits per heavy atom. The molecule has 1 unspecified atom stereocenters. The van der Waals surface area contributed by atoms with Gasteiger partial charge in [-0.25, -0.2) is 4.98 Å². The van der Waals surface area contributed by atoms with E-state index in [2.05, 4.69) is 16.1 Å². The molecular formula is C14H20N4O. The largest absolute Gasteiger partial charge is 0.395 e. The number of aromatic nitrogens is 3. The van der Waals surface area contributed by atoms with Crippen LogP contribution >= 0.6 is 0 Å². The molecule has 5 heteroatoms. The first-order valence-corrected chi connectivity index (χ1v) is 6.32. The van der Waals surface area contributed by atoms with E-state index >= 15 is 0 Å². The molecule has 1 atom stereocenters. The summed E-state index contributed by atoms with van der Waals surface area (Å²) in [7, 11) is 1.84. The summed E-state index contributed by atoms with van der Waals surface area (Å²) in [4.78, 5) is 4.23. The average Bonchev–Trinajstić information content (AvgIpc) is 2.81. The lowest BCUT2D eigenvalue weighted by Crippen LogP contribution is -2.41. The van der Waals surface area contributed by atoms with E-state index in [1.54, 1.807) is 4.68 Å². The second-order valence-corrected chi connectivity index (χ2v) is 4.99. The Balaban J connectivity index is 2.40. The van der Waals surface area contributed by atoms with Crippen LogP contribution in [0.3, 0.4) is 0 Å². The lowest BCUT2D eigenvalue weighted by Gasteiger charge is -2.31. The Hall–Kier alpha value is -1.72. The summed E-state index contributed by atoms with van der Waals surface area (Å²) < 4.78 is 1.72. The standard InChI is InChI=1S/C14H20N4O/c1-11-4-3-5-12(6-11)14(8-15,9-19)7-13-16-10-17-18(13)2/h3-6,10,19H,7-9,15H2,1-2H3. The highest BCUT2D eigenvalue weighted by atomic mass is 16.3. The van der Waals surface area contributed by atoms with Crippen LogP contribution in [0.15, 0.2) is 30.6 Å². The highest BCUT2D eigenvalue weighted by Gasteiger charge is 2.32. The van der Waals surface area contributed by atoms with Gasteiger partial charge in [0.1, 0.15) is 12.2 Å². The monoisotopic (exact) mass is 260 g/mol. The first-order valence-electron chi connectivity index (χ1n) is 6.32. The molecule has 0 aliphatic heterocycles.